The van der Waals surface area contributed by atoms with Crippen LogP contribution < -0.4 is 5.26 Å². The number of unbranched alkanes of at least 4 members (excludes halogenated alkanes) is 1. The Balaban J connectivity index is 1.65. The van der Waals surface area contributed by atoms with Gasteiger partial charge in [-0.25, -0.2) is 0 Å². The van der Waals surface area contributed by atoms with Crippen molar-refractivity contribution in [3.05, 3.63) is 23.3 Å². The van der Waals surface area contributed by atoms with Gasteiger partial charge in [0, 0.05) is 40.7 Å². The third-order valence-electron chi connectivity index (χ3n) is 5.64. The fourth-order valence-corrected chi connectivity index (χ4v) is 4.08. The summed E-state index contributed by atoms with van der Waals surface area (Å²) in [7, 11) is 0. The number of benzene rings is 1. The first-order valence-electron chi connectivity index (χ1n) is 11.3. The first-order chi connectivity index (χ1) is 16.3. The van der Waals surface area contributed by atoms with Gasteiger partial charge >= 0.3 is 5.97 Å². The van der Waals surface area contributed by atoms with Gasteiger partial charge in [0.2, 0.25) is 5.71 Å². The number of aliphatic carboxylic acids is 1. The summed E-state index contributed by atoms with van der Waals surface area (Å²) in [5, 5.41) is 22.2. The Labute approximate surface area is 204 Å². The van der Waals surface area contributed by atoms with Crippen LogP contribution in [0.15, 0.2) is 17.0 Å². The molecule has 0 atom stereocenters. The van der Waals surface area contributed by atoms with Gasteiger partial charge in [-0.1, -0.05) is 0 Å². The Hall–Kier alpha value is -1.73. The summed E-state index contributed by atoms with van der Waals surface area (Å²) in [5.41, 5.74) is 3.88. The van der Waals surface area contributed by atoms with Gasteiger partial charge in [-0.05, 0) is 45.7 Å². The van der Waals surface area contributed by atoms with Crippen LogP contribution in [-0.4, -0.2) is 67.8 Å². The van der Waals surface area contributed by atoms with Gasteiger partial charge in [0.15, 0.2) is 6.61 Å². The van der Waals surface area contributed by atoms with Crippen LogP contribution in [0.2, 0.25) is 0 Å². The Morgan fingerprint density at radius 3 is 2.24 bits per heavy atom. The maximum absolute atomic E-state index is 10.4. The Morgan fingerprint density at radius 1 is 1.00 bits per heavy atom. The van der Waals surface area contributed by atoms with E-state index in [4.69, 9.17) is 24.2 Å². The van der Waals surface area contributed by atoms with E-state index in [1.807, 2.05) is 30.7 Å². The smallest absolute Gasteiger partial charge is 0.303 e. The number of nitrogens with zero attached hydrogens (tertiary/aromatic N) is 1. The Bertz CT molecular complexity index is 829. The van der Waals surface area contributed by atoms with Gasteiger partial charge in [0.25, 0.3) is 5.69 Å². The number of ether oxygens (including phenoxy) is 3. The molecule has 2 rings (SSSR count). The number of carbonyl (C=O) groups is 1. The van der Waals surface area contributed by atoms with E-state index in [1.54, 1.807) is 0 Å². The molecule has 1 aromatic carbocycles. The Morgan fingerprint density at radius 2 is 1.62 bits per heavy atom. The van der Waals surface area contributed by atoms with E-state index in [0.717, 1.165) is 45.9 Å². The van der Waals surface area contributed by atoms with Crippen molar-refractivity contribution in [1.29, 1.82) is 0 Å². The predicted octanol–water partition coefficient (Wildman–Crippen LogP) is 2.86. The zero-order valence-corrected chi connectivity index (χ0v) is 21.1. The largest absolute Gasteiger partial charge is 0.691 e. The molecule has 0 amide bonds. The molecule has 0 saturated carbocycles. The van der Waals surface area contributed by atoms with Gasteiger partial charge in [0.05, 0.1) is 50.5 Å². The van der Waals surface area contributed by atoms with E-state index in [2.05, 4.69) is 23.2 Å². The zero-order chi connectivity index (χ0) is 25.0. The quantitative estimate of drug-likeness (QED) is 0.106. The molecule has 0 aliphatic carbocycles. The van der Waals surface area contributed by atoms with Crippen molar-refractivity contribution in [3.8, 4) is 0 Å². The third kappa shape index (κ3) is 8.49. The number of hydrogen-bond donors (Lipinski definition) is 1. The molecule has 0 saturated heterocycles. The molecular formula is C23H35NO9S. The third-order valence-corrected chi connectivity index (χ3v) is 6.19. The lowest BCUT2D eigenvalue weighted by atomic mass is 9.82. The lowest BCUT2D eigenvalue weighted by Gasteiger charge is -2.15. The van der Waals surface area contributed by atoms with Gasteiger partial charge in [-0.15, -0.1) is 0 Å². The topological polar surface area (TPSA) is 119 Å². The minimum absolute atomic E-state index is 0.176. The average Bonchev–Trinajstić information content (AvgIpc) is 2.98. The van der Waals surface area contributed by atoms with Crippen LogP contribution in [0, 0.1) is 6.92 Å². The molecule has 10 nitrogen and oxygen atoms in total. The second kappa shape index (κ2) is 14.6. The highest BCUT2D eigenvalue weighted by molar-refractivity contribution is 7.94. The normalized spacial score (nSPS) is 14.5. The average molecular weight is 502 g/mol. The summed E-state index contributed by atoms with van der Waals surface area (Å²) in [6.45, 7) is 11.5. The second-order valence-electron chi connectivity index (χ2n) is 8.38. The van der Waals surface area contributed by atoms with Crippen LogP contribution in [0.5, 0.6) is 0 Å². The van der Waals surface area contributed by atoms with Crippen molar-refractivity contribution in [3.63, 3.8) is 0 Å². The van der Waals surface area contributed by atoms with Gasteiger partial charge in [-0.2, -0.15) is 4.33 Å². The summed E-state index contributed by atoms with van der Waals surface area (Å²) < 4.78 is 22.8. The molecule has 1 aliphatic heterocycles. The number of rotatable bonds is 18. The fourth-order valence-electron chi connectivity index (χ4n) is 3.58. The number of fused-ring (bicyclic) bond motifs is 1. The maximum Gasteiger partial charge on any atom is 0.303 e. The molecular weight excluding hydrogens is 466 g/mol. The molecule has 0 radical (unpaired) electrons. The minimum Gasteiger partial charge on any atom is -0.691 e. The van der Waals surface area contributed by atoms with Crippen LogP contribution in [-0.2, 0) is 38.6 Å². The highest BCUT2D eigenvalue weighted by Crippen LogP contribution is 2.43. The molecule has 34 heavy (non-hydrogen) atoms. The van der Waals surface area contributed by atoms with Crippen molar-refractivity contribution in [2.75, 3.05) is 46.2 Å². The fraction of sp³-hybridized carbons (Fsp3) is 0.652. The first kappa shape index (κ1) is 28.5. The molecule has 0 aromatic heterocycles. The van der Waals surface area contributed by atoms with Crippen LogP contribution in [0.25, 0.3) is 0 Å². The van der Waals surface area contributed by atoms with Gasteiger partial charge in [0.1, 0.15) is 0 Å². The van der Waals surface area contributed by atoms with Crippen molar-refractivity contribution < 1.29 is 48.3 Å². The zero-order valence-electron chi connectivity index (χ0n) is 20.3. The van der Waals surface area contributed by atoms with Crippen molar-refractivity contribution in [2.45, 2.75) is 57.3 Å². The summed E-state index contributed by atoms with van der Waals surface area (Å²) in [4.78, 5) is 17.2. The predicted molar refractivity (Wildman–Crippen MR) is 123 cm³/mol. The molecule has 11 heteroatoms. The van der Waals surface area contributed by atoms with Gasteiger partial charge in [-0.3, -0.25) is 14.7 Å². The Kier molecular flexibility index (Phi) is 12.3. The van der Waals surface area contributed by atoms with E-state index in [9.17, 15) is 10.1 Å². The highest BCUT2D eigenvalue weighted by atomic mass is 32.2. The first-order valence-corrected chi connectivity index (χ1v) is 12.0. The second-order valence-corrected chi connectivity index (χ2v) is 9.16. The minimum atomic E-state index is -0.779. The van der Waals surface area contributed by atoms with E-state index in [0.29, 0.717) is 52.7 Å². The lowest BCUT2D eigenvalue weighted by molar-refractivity contribution is -0.777. The maximum atomic E-state index is 10.4. The van der Waals surface area contributed by atoms with Crippen molar-refractivity contribution in [2.24, 2.45) is 0 Å². The van der Waals surface area contributed by atoms with Crippen molar-refractivity contribution >= 4 is 29.4 Å². The van der Waals surface area contributed by atoms with Crippen LogP contribution in [0.1, 0.15) is 51.2 Å². The molecule has 0 fully saturated rings. The summed E-state index contributed by atoms with van der Waals surface area (Å²) >= 11 is 0.880. The molecule has 0 bridgehead atoms. The summed E-state index contributed by atoms with van der Waals surface area (Å²) in [5.74, 6) is -0.779. The van der Waals surface area contributed by atoms with E-state index in [1.165, 1.54) is 0 Å². The molecule has 0 unspecified atom stereocenters. The SMILES string of the molecule is CC1=[N+](OCCOCCOCCOCCCCC(=O)O)c2c(C)cc(SOO[O-])cc2C1(C)C. The van der Waals surface area contributed by atoms with Crippen molar-refractivity contribution in [1.82, 2.24) is 0 Å². The highest BCUT2D eigenvalue weighted by Gasteiger charge is 2.46. The number of aryl methyl sites for hydroxylation is 1. The standard InChI is InChI=1S/C23H35NO9S/c1-17-15-19(34-33-32-27)16-20-22(17)24(18(2)23(20,3)4)31-14-13-30-12-11-29-10-9-28-8-6-5-7-21(25)26/h15-16H,5-14H2,1-4H3,(H-,25,26,27). The number of carboxylic acids is 1. The van der Waals surface area contributed by atoms with Gasteiger partial charge < -0.3 is 24.6 Å². The number of carboxylic acid groups (broad SMARTS) is 1. The molecule has 1 heterocycles. The molecule has 1 aromatic rings. The monoisotopic (exact) mass is 501 g/mol. The van der Waals surface area contributed by atoms with E-state index in [-0.39, 0.29) is 11.8 Å². The molecule has 1 N–H and O–H groups in total. The van der Waals surface area contributed by atoms with E-state index >= 15 is 0 Å². The lowest BCUT2D eigenvalue weighted by Crippen LogP contribution is -2.27. The van der Waals surface area contributed by atoms with Crippen LogP contribution in [0.4, 0.5) is 5.69 Å². The van der Waals surface area contributed by atoms with E-state index < -0.39 is 5.97 Å². The van der Waals surface area contributed by atoms with Crippen LogP contribution >= 0.6 is 12.0 Å². The molecule has 0 spiro atoms. The summed E-state index contributed by atoms with van der Waals surface area (Å²) in [6.07, 6.45) is 1.53. The van der Waals surface area contributed by atoms with Crippen LogP contribution in [0.3, 0.4) is 0 Å². The molecule has 192 valence electrons. The number of hydrogen-bond acceptors (Lipinski definition) is 9. The molecule has 1 aliphatic rings. The summed E-state index contributed by atoms with van der Waals surface area (Å²) in [6, 6.07) is 3.90.